The summed E-state index contributed by atoms with van der Waals surface area (Å²) in [5, 5.41) is 5.96. The second kappa shape index (κ2) is 7.55. The van der Waals surface area contributed by atoms with Crippen molar-refractivity contribution >= 4 is 28.6 Å². The number of hydrogen-bond donors (Lipinski definition) is 1. The van der Waals surface area contributed by atoms with Crippen LogP contribution in [0.2, 0.25) is 0 Å². The lowest BCUT2D eigenvalue weighted by Crippen LogP contribution is -2.24. The molecule has 0 fully saturated rings. The van der Waals surface area contributed by atoms with E-state index in [1.807, 2.05) is 24.4 Å². The van der Waals surface area contributed by atoms with E-state index in [1.54, 1.807) is 11.3 Å². The van der Waals surface area contributed by atoms with Crippen molar-refractivity contribution in [3.8, 4) is 9.88 Å². The van der Waals surface area contributed by atoms with Gasteiger partial charge in [0.25, 0.3) is 5.91 Å². The summed E-state index contributed by atoms with van der Waals surface area (Å²) in [5.74, 6) is 0.0132. The summed E-state index contributed by atoms with van der Waals surface area (Å²) < 4.78 is 0. The zero-order valence-corrected chi connectivity index (χ0v) is 13.6. The first-order valence-corrected chi connectivity index (χ1v) is 8.71. The molecular weight excluding hydrogens is 288 g/mol. The number of rotatable bonds is 7. The molecule has 0 spiro atoms. The number of amides is 1. The minimum Gasteiger partial charge on any atom is -0.351 e. The van der Waals surface area contributed by atoms with E-state index >= 15 is 0 Å². The van der Waals surface area contributed by atoms with E-state index in [9.17, 15) is 4.79 Å². The van der Waals surface area contributed by atoms with E-state index in [-0.39, 0.29) is 5.91 Å². The SMILES string of the molecule is CCCCCCNC(=O)c1sc(-c2cccs2)nc1C. The van der Waals surface area contributed by atoms with Gasteiger partial charge in [-0.25, -0.2) is 4.98 Å². The van der Waals surface area contributed by atoms with Gasteiger partial charge in [0.1, 0.15) is 9.88 Å². The predicted octanol–water partition coefficient (Wildman–Crippen LogP) is 4.49. The maximum atomic E-state index is 12.1. The molecule has 0 bridgehead atoms. The van der Waals surface area contributed by atoms with Crippen molar-refractivity contribution in [3.05, 3.63) is 28.1 Å². The van der Waals surface area contributed by atoms with E-state index < -0.39 is 0 Å². The highest BCUT2D eigenvalue weighted by Gasteiger charge is 2.16. The van der Waals surface area contributed by atoms with Gasteiger partial charge in [0.15, 0.2) is 0 Å². The van der Waals surface area contributed by atoms with Gasteiger partial charge >= 0.3 is 0 Å². The molecule has 1 amide bonds. The standard InChI is InChI=1S/C15H20N2OS2/c1-3-4-5-6-9-16-14(18)13-11(2)17-15(20-13)12-8-7-10-19-12/h7-8,10H,3-6,9H2,1-2H3,(H,16,18). The lowest BCUT2D eigenvalue weighted by Gasteiger charge is -2.03. The van der Waals surface area contributed by atoms with E-state index in [0.29, 0.717) is 0 Å². The Balaban J connectivity index is 1.93. The number of thiazole rings is 1. The minimum absolute atomic E-state index is 0.0132. The van der Waals surface area contributed by atoms with Gasteiger partial charge in [0.2, 0.25) is 0 Å². The first-order valence-electron chi connectivity index (χ1n) is 7.02. The zero-order chi connectivity index (χ0) is 14.4. The number of unbranched alkanes of at least 4 members (excludes halogenated alkanes) is 3. The number of nitrogens with zero attached hydrogens (tertiary/aromatic N) is 1. The maximum absolute atomic E-state index is 12.1. The molecule has 0 unspecified atom stereocenters. The Bertz CT molecular complexity index is 546. The van der Waals surface area contributed by atoms with Gasteiger partial charge in [0.05, 0.1) is 10.6 Å². The van der Waals surface area contributed by atoms with Gasteiger partial charge in [-0.1, -0.05) is 32.3 Å². The topological polar surface area (TPSA) is 42.0 Å². The van der Waals surface area contributed by atoms with Gasteiger partial charge in [-0.3, -0.25) is 4.79 Å². The van der Waals surface area contributed by atoms with Gasteiger partial charge in [-0.2, -0.15) is 0 Å². The van der Waals surface area contributed by atoms with Crippen LogP contribution in [0.1, 0.15) is 48.0 Å². The summed E-state index contributed by atoms with van der Waals surface area (Å²) in [5.41, 5.74) is 0.824. The molecule has 5 heteroatoms. The van der Waals surface area contributed by atoms with E-state index in [2.05, 4.69) is 17.2 Å². The first-order chi connectivity index (χ1) is 9.72. The molecule has 108 valence electrons. The Labute approximate surface area is 128 Å². The summed E-state index contributed by atoms with van der Waals surface area (Å²) in [7, 11) is 0. The number of hydrogen-bond acceptors (Lipinski definition) is 4. The molecule has 0 atom stereocenters. The lowest BCUT2D eigenvalue weighted by atomic mass is 10.2. The third kappa shape index (κ3) is 3.90. The van der Waals surface area contributed by atoms with Gasteiger partial charge < -0.3 is 5.32 Å². The van der Waals surface area contributed by atoms with Crippen molar-refractivity contribution in [2.75, 3.05) is 6.54 Å². The summed E-state index contributed by atoms with van der Waals surface area (Å²) in [6.45, 7) is 4.84. The van der Waals surface area contributed by atoms with E-state index in [4.69, 9.17) is 0 Å². The number of nitrogens with one attached hydrogen (secondary N) is 1. The Morgan fingerprint density at radius 2 is 2.20 bits per heavy atom. The third-order valence-corrected chi connectivity index (χ3v) is 5.25. The Hall–Kier alpha value is -1.20. The average molecular weight is 308 g/mol. The van der Waals surface area contributed by atoms with Crippen LogP contribution < -0.4 is 5.32 Å². The van der Waals surface area contributed by atoms with Crippen molar-refractivity contribution in [2.45, 2.75) is 39.5 Å². The fourth-order valence-corrected chi connectivity index (χ4v) is 3.73. The van der Waals surface area contributed by atoms with Crippen LogP contribution in [0.25, 0.3) is 9.88 Å². The van der Waals surface area contributed by atoms with Crippen molar-refractivity contribution in [3.63, 3.8) is 0 Å². The molecule has 0 aliphatic rings. The number of carbonyl (C=O) groups is 1. The second-order valence-corrected chi connectivity index (χ2v) is 6.67. The quantitative estimate of drug-likeness (QED) is 0.766. The lowest BCUT2D eigenvalue weighted by molar-refractivity contribution is 0.0956. The molecule has 0 aromatic carbocycles. The molecule has 0 saturated carbocycles. The van der Waals surface area contributed by atoms with Gasteiger partial charge in [0, 0.05) is 6.54 Å². The predicted molar refractivity (Wildman–Crippen MR) is 86.6 cm³/mol. The molecule has 2 aromatic heterocycles. The molecule has 0 radical (unpaired) electrons. The third-order valence-electron chi connectivity index (χ3n) is 3.05. The van der Waals surface area contributed by atoms with E-state index in [0.717, 1.165) is 33.4 Å². The number of thiophene rings is 1. The van der Waals surface area contributed by atoms with Crippen LogP contribution in [0.5, 0.6) is 0 Å². The van der Waals surface area contributed by atoms with Crippen LogP contribution in [0.4, 0.5) is 0 Å². The molecule has 2 rings (SSSR count). The minimum atomic E-state index is 0.0132. The highest BCUT2D eigenvalue weighted by molar-refractivity contribution is 7.22. The van der Waals surface area contributed by atoms with Crippen molar-refractivity contribution < 1.29 is 4.79 Å². The van der Waals surface area contributed by atoms with Crippen LogP contribution in [0.15, 0.2) is 17.5 Å². The maximum Gasteiger partial charge on any atom is 0.263 e. The molecule has 0 aliphatic heterocycles. The summed E-state index contributed by atoms with van der Waals surface area (Å²) in [6, 6.07) is 4.04. The Morgan fingerprint density at radius 1 is 1.35 bits per heavy atom. The zero-order valence-electron chi connectivity index (χ0n) is 11.9. The second-order valence-electron chi connectivity index (χ2n) is 4.73. The number of aromatic nitrogens is 1. The highest BCUT2D eigenvalue weighted by atomic mass is 32.1. The number of aryl methyl sites for hydroxylation is 1. The Kier molecular flexibility index (Phi) is 5.73. The van der Waals surface area contributed by atoms with Crippen molar-refractivity contribution in [1.29, 1.82) is 0 Å². The number of carbonyl (C=O) groups excluding carboxylic acids is 1. The van der Waals surface area contributed by atoms with Crippen LogP contribution in [-0.4, -0.2) is 17.4 Å². The van der Waals surface area contributed by atoms with Crippen LogP contribution in [-0.2, 0) is 0 Å². The highest BCUT2D eigenvalue weighted by Crippen LogP contribution is 2.30. The molecule has 2 aromatic rings. The van der Waals surface area contributed by atoms with Crippen LogP contribution in [0, 0.1) is 6.92 Å². The molecule has 20 heavy (non-hydrogen) atoms. The van der Waals surface area contributed by atoms with Crippen LogP contribution in [0.3, 0.4) is 0 Å². The van der Waals surface area contributed by atoms with Crippen molar-refractivity contribution in [2.24, 2.45) is 0 Å². The summed E-state index contributed by atoms with van der Waals surface area (Å²) >= 11 is 3.13. The van der Waals surface area contributed by atoms with Gasteiger partial charge in [-0.15, -0.1) is 22.7 Å². The summed E-state index contributed by atoms with van der Waals surface area (Å²) in [4.78, 5) is 18.5. The first kappa shape index (κ1) is 15.2. The monoisotopic (exact) mass is 308 g/mol. The smallest absolute Gasteiger partial charge is 0.263 e. The van der Waals surface area contributed by atoms with Gasteiger partial charge in [-0.05, 0) is 24.8 Å². The fraction of sp³-hybridized carbons (Fsp3) is 0.467. The largest absolute Gasteiger partial charge is 0.351 e. The normalized spacial score (nSPS) is 10.7. The Morgan fingerprint density at radius 3 is 2.90 bits per heavy atom. The average Bonchev–Trinajstić information content (AvgIpc) is 3.07. The molecule has 3 nitrogen and oxygen atoms in total. The van der Waals surface area contributed by atoms with E-state index in [1.165, 1.54) is 30.6 Å². The fourth-order valence-electron chi connectivity index (χ4n) is 1.95. The molecular formula is C15H20N2OS2. The van der Waals surface area contributed by atoms with Crippen LogP contribution >= 0.6 is 22.7 Å². The van der Waals surface area contributed by atoms with Crippen molar-refractivity contribution in [1.82, 2.24) is 10.3 Å². The molecule has 1 N–H and O–H groups in total. The molecule has 0 aliphatic carbocycles. The summed E-state index contributed by atoms with van der Waals surface area (Å²) in [6.07, 6.45) is 4.68. The molecule has 2 heterocycles. The molecule has 0 saturated heterocycles.